The van der Waals surface area contributed by atoms with Gasteiger partial charge in [0.25, 0.3) is 5.91 Å². The third-order valence-electron chi connectivity index (χ3n) is 3.61. The summed E-state index contributed by atoms with van der Waals surface area (Å²) in [7, 11) is 1.56. The molecule has 0 aliphatic heterocycles. The van der Waals surface area contributed by atoms with Gasteiger partial charge in [-0.3, -0.25) is 4.79 Å². The zero-order valence-electron chi connectivity index (χ0n) is 14.0. The summed E-state index contributed by atoms with van der Waals surface area (Å²) in [5.41, 5.74) is 2.66. The van der Waals surface area contributed by atoms with Crippen LogP contribution in [0.4, 0.5) is 5.69 Å². The van der Waals surface area contributed by atoms with Gasteiger partial charge in [0, 0.05) is 11.8 Å². The van der Waals surface area contributed by atoms with Gasteiger partial charge in [0.05, 0.1) is 7.11 Å². The van der Waals surface area contributed by atoms with Gasteiger partial charge in [0.2, 0.25) is 0 Å². The van der Waals surface area contributed by atoms with Crippen LogP contribution in [0.25, 0.3) is 6.08 Å². The highest BCUT2D eigenvalue weighted by atomic mass is 16.5. The third kappa shape index (κ3) is 4.47. The van der Waals surface area contributed by atoms with E-state index in [1.807, 2.05) is 30.3 Å². The summed E-state index contributed by atoms with van der Waals surface area (Å²) in [6.07, 6.45) is 1.58. The molecule has 0 fully saturated rings. The van der Waals surface area contributed by atoms with Crippen LogP contribution < -0.4 is 10.1 Å². The van der Waals surface area contributed by atoms with E-state index >= 15 is 0 Å². The molecule has 0 heterocycles. The standard InChI is InChI=1S/C20H20N2O2/c1-14(2)16-9-7-15(8-10-16)11-17(13-21)20(23)22-18-5-4-6-19(12-18)24-3/h4-12,14H,1-3H3,(H,22,23). The smallest absolute Gasteiger partial charge is 0.266 e. The summed E-state index contributed by atoms with van der Waals surface area (Å²) in [4.78, 5) is 12.3. The predicted molar refractivity (Wildman–Crippen MR) is 95.7 cm³/mol. The van der Waals surface area contributed by atoms with Crippen LogP contribution in [0.3, 0.4) is 0 Å². The van der Waals surface area contributed by atoms with E-state index < -0.39 is 5.91 Å². The Morgan fingerprint density at radius 2 is 1.92 bits per heavy atom. The van der Waals surface area contributed by atoms with Crippen LogP contribution in [0.15, 0.2) is 54.1 Å². The van der Waals surface area contributed by atoms with E-state index in [9.17, 15) is 10.1 Å². The number of carbonyl (C=O) groups excluding carboxylic acids is 1. The Kier molecular flexibility index (Phi) is 5.75. The number of benzene rings is 2. The van der Waals surface area contributed by atoms with Crippen LogP contribution in [-0.2, 0) is 4.79 Å². The number of ether oxygens (including phenoxy) is 1. The van der Waals surface area contributed by atoms with Crippen molar-refractivity contribution in [2.24, 2.45) is 0 Å². The van der Waals surface area contributed by atoms with Crippen LogP contribution in [-0.4, -0.2) is 13.0 Å². The lowest BCUT2D eigenvalue weighted by Gasteiger charge is -2.07. The largest absolute Gasteiger partial charge is 0.497 e. The Bertz CT molecular complexity index is 784. The first-order chi connectivity index (χ1) is 11.5. The minimum atomic E-state index is -0.446. The van der Waals surface area contributed by atoms with Gasteiger partial charge >= 0.3 is 0 Å². The molecule has 0 saturated carbocycles. The fraction of sp³-hybridized carbons (Fsp3) is 0.200. The summed E-state index contributed by atoms with van der Waals surface area (Å²) in [5.74, 6) is 0.632. The van der Waals surface area contributed by atoms with Crippen molar-refractivity contribution in [3.63, 3.8) is 0 Å². The number of methoxy groups -OCH3 is 1. The van der Waals surface area contributed by atoms with Gasteiger partial charge in [-0.1, -0.05) is 44.2 Å². The predicted octanol–water partition coefficient (Wildman–Crippen LogP) is 4.36. The molecule has 2 aromatic rings. The average Bonchev–Trinajstić information content (AvgIpc) is 2.60. The van der Waals surface area contributed by atoms with E-state index in [2.05, 4.69) is 19.2 Å². The monoisotopic (exact) mass is 320 g/mol. The number of hydrogen-bond donors (Lipinski definition) is 1. The highest BCUT2D eigenvalue weighted by Gasteiger charge is 2.10. The molecule has 0 bridgehead atoms. The Morgan fingerprint density at radius 1 is 1.21 bits per heavy atom. The molecular formula is C20H20N2O2. The average molecular weight is 320 g/mol. The maximum atomic E-state index is 12.3. The Morgan fingerprint density at radius 3 is 2.50 bits per heavy atom. The van der Waals surface area contributed by atoms with Gasteiger partial charge in [-0.15, -0.1) is 0 Å². The number of anilines is 1. The van der Waals surface area contributed by atoms with Crippen molar-refractivity contribution in [1.82, 2.24) is 0 Å². The Hall–Kier alpha value is -3.06. The van der Waals surface area contributed by atoms with E-state index in [-0.39, 0.29) is 5.57 Å². The van der Waals surface area contributed by atoms with Gasteiger partial charge in [-0.05, 0) is 35.3 Å². The van der Waals surface area contributed by atoms with Gasteiger partial charge in [-0.25, -0.2) is 0 Å². The molecule has 0 aliphatic carbocycles. The maximum absolute atomic E-state index is 12.3. The molecule has 0 spiro atoms. The SMILES string of the molecule is COc1cccc(NC(=O)C(C#N)=Cc2ccc(C(C)C)cc2)c1. The summed E-state index contributed by atoms with van der Waals surface area (Å²) >= 11 is 0. The molecule has 0 aliphatic rings. The highest BCUT2D eigenvalue weighted by Crippen LogP contribution is 2.19. The fourth-order valence-corrected chi connectivity index (χ4v) is 2.19. The normalized spacial score (nSPS) is 11.0. The van der Waals surface area contributed by atoms with E-state index in [0.717, 1.165) is 5.56 Å². The Balaban J connectivity index is 2.17. The molecule has 0 unspecified atom stereocenters. The molecule has 4 nitrogen and oxygen atoms in total. The van der Waals surface area contributed by atoms with Crippen LogP contribution in [0.1, 0.15) is 30.9 Å². The second-order valence-electron chi connectivity index (χ2n) is 5.68. The van der Waals surface area contributed by atoms with E-state index in [1.165, 1.54) is 5.56 Å². The second kappa shape index (κ2) is 7.98. The molecule has 2 aromatic carbocycles. The Labute approximate surface area is 142 Å². The van der Waals surface area contributed by atoms with Crippen molar-refractivity contribution in [3.8, 4) is 11.8 Å². The fourth-order valence-electron chi connectivity index (χ4n) is 2.19. The van der Waals surface area contributed by atoms with Crippen molar-refractivity contribution < 1.29 is 9.53 Å². The zero-order chi connectivity index (χ0) is 17.5. The molecule has 4 heteroatoms. The summed E-state index contributed by atoms with van der Waals surface area (Å²) in [6, 6.07) is 16.8. The van der Waals surface area contributed by atoms with Crippen LogP contribution in [0, 0.1) is 11.3 Å². The van der Waals surface area contributed by atoms with E-state index in [0.29, 0.717) is 17.4 Å². The molecule has 1 N–H and O–H groups in total. The van der Waals surface area contributed by atoms with Crippen LogP contribution in [0.5, 0.6) is 5.75 Å². The summed E-state index contributed by atoms with van der Waals surface area (Å²) in [5, 5.41) is 12.0. The first-order valence-electron chi connectivity index (χ1n) is 7.70. The number of nitriles is 1. The first kappa shape index (κ1) is 17.3. The van der Waals surface area contributed by atoms with Gasteiger partial charge in [0.1, 0.15) is 17.4 Å². The molecule has 0 radical (unpaired) electrons. The minimum absolute atomic E-state index is 0.0510. The number of amides is 1. The van der Waals surface area contributed by atoms with Crippen LogP contribution in [0.2, 0.25) is 0 Å². The minimum Gasteiger partial charge on any atom is -0.497 e. The number of carbonyl (C=O) groups is 1. The topological polar surface area (TPSA) is 62.1 Å². The third-order valence-corrected chi connectivity index (χ3v) is 3.61. The molecular weight excluding hydrogens is 300 g/mol. The van der Waals surface area contributed by atoms with E-state index in [4.69, 9.17) is 4.74 Å². The maximum Gasteiger partial charge on any atom is 0.266 e. The quantitative estimate of drug-likeness (QED) is 0.657. The number of rotatable bonds is 5. The van der Waals surface area contributed by atoms with Gasteiger partial charge < -0.3 is 10.1 Å². The van der Waals surface area contributed by atoms with Gasteiger partial charge in [-0.2, -0.15) is 5.26 Å². The van der Waals surface area contributed by atoms with Crippen molar-refractivity contribution in [2.75, 3.05) is 12.4 Å². The second-order valence-corrected chi connectivity index (χ2v) is 5.68. The van der Waals surface area contributed by atoms with Crippen molar-refractivity contribution in [2.45, 2.75) is 19.8 Å². The van der Waals surface area contributed by atoms with Crippen molar-refractivity contribution in [1.29, 1.82) is 5.26 Å². The van der Waals surface area contributed by atoms with Crippen molar-refractivity contribution in [3.05, 3.63) is 65.2 Å². The van der Waals surface area contributed by atoms with Crippen molar-refractivity contribution >= 4 is 17.7 Å². The molecule has 24 heavy (non-hydrogen) atoms. The lowest BCUT2D eigenvalue weighted by Crippen LogP contribution is -2.13. The highest BCUT2D eigenvalue weighted by molar-refractivity contribution is 6.09. The molecule has 122 valence electrons. The summed E-state index contributed by atoms with van der Waals surface area (Å²) < 4.78 is 5.12. The molecule has 0 aromatic heterocycles. The zero-order valence-corrected chi connectivity index (χ0v) is 14.0. The molecule has 2 rings (SSSR count). The summed E-state index contributed by atoms with van der Waals surface area (Å²) in [6.45, 7) is 4.24. The first-order valence-corrected chi connectivity index (χ1v) is 7.70. The van der Waals surface area contributed by atoms with E-state index in [1.54, 1.807) is 37.5 Å². The molecule has 0 atom stereocenters. The van der Waals surface area contributed by atoms with Crippen LogP contribution >= 0.6 is 0 Å². The number of nitrogens with one attached hydrogen (secondary N) is 1. The lowest BCUT2D eigenvalue weighted by atomic mass is 10.0. The number of hydrogen-bond acceptors (Lipinski definition) is 3. The molecule has 0 saturated heterocycles. The van der Waals surface area contributed by atoms with Gasteiger partial charge in [0.15, 0.2) is 0 Å². The number of nitrogens with zero attached hydrogens (tertiary/aromatic N) is 1. The lowest BCUT2D eigenvalue weighted by molar-refractivity contribution is -0.112. The molecule has 1 amide bonds.